The molecule has 0 radical (unpaired) electrons. The molecule has 0 aliphatic carbocycles. The predicted octanol–water partition coefficient (Wildman–Crippen LogP) is 1.80. The molecule has 0 aliphatic heterocycles. The standard InChI is InChI=1S/C8H9N3O2S/c1-5-4-6(8(12)13)7(14-5)11-10-3-2-9/h2-4,9,11H,1H3,(H,12,13)/b9-2?,10-3-. The second kappa shape index (κ2) is 4.52. The SMILES string of the molecule is Cc1cc(C(=O)O)c(N/N=C\C=N)s1. The topological polar surface area (TPSA) is 85.5 Å². The Labute approximate surface area is 84.6 Å². The van der Waals surface area contributed by atoms with Crippen LogP contribution in [0.4, 0.5) is 5.00 Å². The number of aryl methyl sites for hydroxylation is 1. The van der Waals surface area contributed by atoms with Gasteiger partial charge in [0.15, 0.2) is 0 Å². The largest absolute Gasteiger partial charge is 0.478 e. The van der Waals surface area contributed by atoms with Crippen molar-refractivity contribution in [1.82, 2.24) is 0 Å². The molecule has 0 unspecified atom stereocenters. The van der Waals surface area contributed by atoms with Crippen molar-refractivity contribution in [2.24, 2.45) is 5.10 Å². The van der Waals surface area contributed by atoms with Crippen molar-refractivity contribution in [2.75, 3.05) is 5.43 Å². The molecular formula is C8H9N3O2S. The van der Waals surface area contributed by atoms with Crippen LogP contribution in [0.2, 0.25) is 0 Å². The van der Waals surface area contributed by atoms with Crippen LogP contribution < -0.4 is 5.43 Å². The molecule has 0 saturated carbocycles. The number of thiophene rings is 1. The molecule has 3 N–H and O–H groups in total. The van der Waals surface area contributed by atoms with Gasteiger partial charge in [0.1, 0.15) is 5.00 Å². The molecule has 0 atom stereocenters. The molecule has 74 valence electrons. The second-order valence-electron chi connectivity index (χ2n) is 2.46. The van der Waals surface area contributed by atoms with Crippen LogP contribution >= 0.6 is 11.3 Å². The van der Waals surface area contributed by atoms with Crippen LogP contribution in [0.1, 0.15) is 15.2 Å². The maximum atomic E-state index is 10.7. The van der Waals surface area contributed by atoms with E-state index in [9.17, 15) is 4.79 Å². The fraction of sp³-hybridized carbons (Fsp3) is 0.125. The van der Waals surface area contributed by atoms with E-state index in [1.165, 1.54) is 17.6 Å². The minimum absolute atomic E-state index is 0.203. The molecule has 0 fully saturated rings. The van der Waals surface area contributed by atoms with Crippen LogP contribution in [-0.4, -0.2) is 23.5 Å². The number of nitrogens with one attached hydrogen (secondary N) is 2. The first-order chi connectivity index (χ1) is 6.65. The number of hydrogen-bond acceptors (Lipinski definition) is 5. The first kappa shape index (κ1) is 10.4. The minimum atomic E-state index is -0.984. The lowest BCUT2D eigenvalue weighted by atomic mass is 10.3. The van der Waals surface area contributed by atoms with Crippen LogP contribution in [0.3, 0.4) is 0 Å². The Bertz CT molecular complexity index is 384. The fourth-order valence-corrected chi connectivity index (χ4v) is 1.74. The monoisotopic (exact) mass is 211 g/mol. The molecule has 0 aromatic carbocycles. The van der Waals surface area contributed by atoms with E-state index in [2.05, 4.69) is 10.5 Å². The zero-order chi connectivity index (χ0) is 10.6. The zero-order valence-corrected chi connectivity index (χ0v) is 8.26. The zero-order valence-electron chi connectivity index (χ0n) is 7.44. The van der Waals surface area contributed by atoms with Crippen molar-refractivity contribution in [2.45, 2.75) is 6.92 Å². The van der Waals surface area contributed by atoms with Gasteiger partial charge >= 0.3 is 5.97 Å². The van der Waals surface area contributed by atoms with Crippen LogP contribution in [-0.2, 0) is 0 Å². The van der Waals surface area contributed by atoms with E-state index >= 15 is 0 Å². The van der Waals surface area contributed by atoms with E-state index in [-0.39, 0.29) is 5.56 Å². The highest BCUT2D eigenvalue weighted by atomic mass is 32.1. The number of hydrogen-bond donors (Lipinski definition) is 3. The van der Waals surface area contributed by atoms with E-state index < -0.39 is 5.97 Å². The molecular weight excluding hydrogens is 202 g/mol. The third-order valence-electron chi connectivity index (χ3n) is 1.40. The number of carbonyl (C=O) groups is 1. The molecule has 0 aliphatic rings. The summed E-state index contributed by atoms with van der Waals surface area (Å²) in [5, 5.41) is 19.6. The number of nitrogens with zero attached hydrogens (tertiary/aromatic N) is 1. The Morgan fingerprint density at radius 2 is 2.50 bits per heavy atom. The molecule has 0 amide bonds. The summed E-state index contributed by atoms with van der Waals surface area (Å²) in [6.07, 6.45) is 2.24. The van der Waals surface area contributed by atoms with Gasteiger partial charge in [-0.2, -0.15) is 5.10 Å². The highest BCUT2D eigenvalue weighted by Gasteiger charge is 2.12. The van der Waals surface area contributed by atoms with Gasteiger partial charge in [-0.3, -0.25) is 5.43 Å². The average molecular weight is 211 g/mol. The van der Waals surface area contributed by atoms with Crippen LogP contribution in [0.15, 0.2) is 11.2 Å². The molecule has 1 aromatic rings. The highest BCUT2D eigenvalue weighted by molar-refractivity contribution is 7.16. The summed E-state index contributed by atoms with van der Waals surface area (Å²) in [5.74, 6) is -0.984. The maximum absolute atomic E-state index is 10.7. The Kier molecular flexibility index (Phi) is 3.35. The van der Waals surface area contributed by atoms with Crippen LogP contribution in [0.5, 0.6) is 0 Å². The second-order valence-corrected chi connectivity index (χ2v) is 3.72. The molecule has 6 heteroatoms. The Hall–Kier alpha value is -1.69. The van der Waals surface area contributed by atoms with E-state index in [0.717, 1.165) is 11.1 Å². The Morgan fingerprint density at radius 3 is 3.07 bits per heavy atom. The molecule has 0 bridgehead atoms. The molecule has 1 heterocycles. The summed E-state index contributed by atoms with van der Waals surface area (Å²) in [7, 11) is 0. The van der Waals surface area contributed by atoms with E-state index in [0.29, 0.717) is 5.00 Å². The first-order valence-electron chi connectivity index (χ1n) is 3.77. The van der Waals surface area contributed by atoms with Crippen molar-refractivity contribution in [1.29, 1.82) is 5.41 Å². The van der Waals surface area contributed by atoms with Crippen molar-refractivity contribution < 1.29 is 9.90 Å². The van der Waals surface area contributed by atoms with Gasteiger partial charge in [0.2, 0.25) is 0 Å². The minimum Gasteiger partial charge on any atom is -0.478 e. The average Bonchev–Trinajstić information content (AvgIpc) is 2.47. The summed E-state index contributed by atoms with van der Waals surface area (Å²) in [6.45, 7) is 1.82. The van der Waals surface area contributed by atoms with Gasteiger partial charge in [-0.25, -0.2) is 4.79 Å². The van der Waals surface area contributed by atoms with Crippen LogP contribution in [0, 0.1) is 12.3 Å². The highest BCUT2D eigenvalue weighted by Crippen LogP contribution is 2.27. The lowest BCUT2D eigenvalue weighted by molar-refractivity contribution is 0.0698. The Balaban J connectivity index is 2.89. The smallest absolute Gasteiger partial charge is 0.338 e. The number of aromatic carboxylic acids is 1. The van der Waals surface area contributed by atoms with Gasteiger partial charge in [-0.05, 0) is 13.0 Å². The molecule has 5 nitrogen and oxygen atoms in total. The van der Waals surface area contributed by atoms with Crippen molar-refractivity contribution in [3.8, 4) is 0 Å². The summed E-state index contributed by atoms with van der Waals surface area (Å²) in [6, 6.07) is 1.58. The lowest BCUT2D eigenvalue weighted by Gasteiger charge is -1.96. The summed E-state index contributed by atoms with van der Waals surface area (Å²) >= 11 is 1.31. The maximum Gasteiger partial charge on any atom is 0.338 e. The van der Waals surface area contributed by atoms with Gasteiger partial charge in [-0.1, -0.05) is 0 Å². The van der Waals surface area contributed by atoms with Gasteiger partial charge in [0.05, 0.1) is 11.8 Å². The first-order valence-corrected chi connectivity index (χ1v) is 4.58. The van der Waals surface area contributed by atoms with Gasteiger partial charge < -0.3 is 10.5 Å². The molecule has 14 heavy (non-hydrogen) atoms. The summed E-state index contributed by atoms with van der Waals surface area (Å²) in [4.78, 5) is 11.6. The third kappa shape index (κ3) is 2.40. The van der Waals surface area contributed by atoms with Gasteiger partial charge in [0.25, 0.3) is 0 Å². The quantitative estimate of drug-likeness (QED) is 0.524. The molecule has 0 saturated heterocycles. The third-order valence-corrected chi connectivity index (χ3v) is 2.36. The number of rotatable bonds is 4. The summed E-state index contributed by atoms with van der Waals surface area (Å²) in [5.41, 5.74) is 2.78. The van der Waals surface area contributed by atoms with E-state index in [1.807, 2.05) is 6.92 Å². The number of carboxylic acid groups (broad SMARTS) is 1. The van der Waals surface area contributed by atoms with Gasteiger partial charge in [0, 0.05) is 11.1 Å². The normalized spacial score (nSPS) is 10.4. The molecule has 0 spiro atoms. The van der Waals surface area contributed by atoms with Crippen molar-refractivity contribution in [3.63, 3.8) is 0 Å². The summed E-state index contributed by atoms with van der Waals surface area (Å²) < 4.78 is 0. The van der Waals surface area contributed by atoms with Crippen molar-refractivity contribution in [3.05, 3.63) is 16.5 Å². The van der Waals surface area contributed by atoms with Gasteiger partial charge in [-0.15, -0.1) is 11.3 Å². The molecule has 1 rings (SSSR count). The Morgan fingerprint density at radius 1 is 1.79 bits per heavy atom. The van der Waals surface area contributed by atoms with E-state index in [4.69, 9.17) is 10.5 Å². The lowest BCUT2D eigenvalue weighted by Crippen LogP contribution is -1.98. The molecule has 1 aromatic heterocycles. The van der Waals surface area contributed by atoms with Crippen molar-refractivity contribution >= 4 is 34.7 Å². The fourth-order valence-electron chi connectivity index (χ4n) is 0.889. The number of anilines is 1. The number of hydrazone groups is 1. The van der Waals surface area contributed by atoms with E-state index in [1.54, 1.807) is 6.07 Å². The van der Waals surface area contributed by atoms with Crippen LogP contribution in [0.25, 0.3) is 0 Å². The number of carboxylic acids is 1. The predicted molar refractivity (Wildman–Crippen MR) is 56.9 cm³/mol.